The number of hydrogen-bond donors (Lipinski definition) is 1. The molecule has 17 heavy (non-hydrogen) atoms. The van der Waals surface area contributed by atoms with E-state index in [-0.39, 0.29) is 0 Å². The van der Waals surface area contributed by atoms with Crippen LogP contribution in [-0.2, 0) is 6.42 Å². The van der Waals surface area contributed by atoms with Crippen molar-refractivity contribution in [3.63, 3.8) is 0 Å². The van der Waals surface area contributed by atoms with E-state index in [1.807, 2.05) is 26.0 Å². The van der Waals surface area contributed by atoms with Crippen molar-refractivity contribution >= 4 is 27.3 Å². The second kappa shape index (κ2) is 5.29. The Morgan fingerprint density at radius 3 is 2.76 bits per heavy atom. The lowest BCUT2D eigenvalue weighted by Gasteiger charge is -2.12. The minimum atomic E-state index is -0.527. The molecule has 0 radical (unpaired) electrons. The molecule has 0 aliphatic rings. The van der Waals surface area contributed by atoms with Crippen molar-refractivity contribution in [2.24, 2.45) is 0 Å². The quantitative estimate of drug-likeness (QED) is 0.935. The first-order chi connectivity index (χ1) is 8.06. The normalized spacial score (nSPS) is 12.7. The molecule has 0 spiro atoms. The average Bonchev–Trinajstić information content (AvgIpc) is 2.63. The molecule has 0 amide bonds. The molecule has 0 saturated heterocycles. The van der Waals surface area contributed by atoms with E-state index in [4.69, 9.17) is 0 Å². The first-order valence-electron chi connectivity index (χ1n) is 5.41. The van der Waals surface area contributed by atoms with Gasteiger partial charge in [0.1, 0.15) is 6.10 Å². The standard InChI is InChI=1S/C13H14BrNOS/c1-8-5-9(2)13(15-7-8)11(16)6-10-3-4-12(14)17-10/h3-5,7,11,16H,6H2,1-2H3. The Hall–Kier alpha value is -0.710. The summed E-state index contributed by atoms with van der Waals surface area (Å²) in [5, 5.41) is 10.2. The maximum atomic E-state index is 10.2. The van der Waals surface area contributed by atoms with Crippen molar-refractivity contribution in [3.8, 4) is 0 Å². The summed E-state index contributed by atoms with van der Waals surface area (Å²) in [6, 6.07) is 6.08. The Labute approximate surface area is 113 Å². The van der Waals surface area contributed by atoms with Gasteiger partial charge in [0.2, 0.25) is 0 Å². The Morgan fingerprint density at radius 1 is 1.41 bits per heavy atom. The van der Waals surface area contributed by atoms with E-state index in [1.54, 1.807) is 17.5 Å². The van der Waals surface area contributed by atoms with Crippen LogP contribution in [0.25, 0.3) is 0 Å². The van der Waals surface area contributed by atoms with Crippen LogP contribution in [0, 0.1) is 13.8 Å². The third kappa shape index (κ3) is 3.15. The molecule has 2 rings (SSSR count). The SMILES string of the molecule is Cc1cnc(C(O)Cc2ccc(Br)s2)c(C)c1. The highest BCUT2D eigenvalue weighted by Crippen LogP contribution is 2.27. The summed E-state index contributed by atoms with van der Waals surface area (Å²) in [5.41, 5.74) is 2.95. The molecule has 0 fully saturated rings. The summed E-state index contributed by atoms with van der Waals surface area (Å²) >= 11 is 5.07. The van der Waals surface area contributed by atoms with Crippen LogP contribution in [0.5, 0.6) is 0 Å². The molecule has 0 aromatic carbocycles. The average molecular weight is 312 g/mol. The number of rotatable bonds is 3. The Kier molecular flexibility index (Phi) is 3.97. The van der Waals surface area contributed by atoms with Crippen molar-refractivity contribution in [3.05, 3.63) is 49.9 Å². The molecule has 2 heterocycles. The maximum absolute atomic E-state index is 10.2. The first kappa shape index (κ1) is 12.7. The van der Waals surface area contributed by atoms with Crippen molar-refractivity contribution in [1.29, 1.82) is 0 Å². The van der Waals surface area contributed by atoms with Gasteiger partial charge in [0, 0.05) is 17.5 Å². The second-order valence-corrected chi connectivity index (χ2v) is 6.69. The predicted molar refractivity (Wildman–Crippen MR) is 74.4 cm³/mol. The summed E-state index contributed by atoms with van der Waals surface area (Å²) in [4.78, 5) is 5.48. The molecule has 1 N–H and O–H groups in total. The van der Waals surface area contributed by atoms with Gasteiger partial charge in [-0.25, -0.2) is 0 Å². The molecule has 2 nitrogen and oxygen atoms in total. The number of nitrogens with zero attached hydrogens (tertiary/aromatic N) is 1. The molecule has 0 aliphatic carbocycles. The molecule has 90 valence electrons. The lowest BCUT2D eigenvalue weighted by atomic mass is 10.1. The van der Waals surface area contributed by atoms with E-state index in [0.29, 0.717) is 6.42 Å². The number of aliphatic hydroxyl groups excluding tert-OH is 1. The molecule has 4 heteroatoms. The fourth-order valence-electron chi connectivity index (χ4n) is 1.82. The second-order valence-electron chi connectivity index (χ2n) is 4.14. The number of aryl methyl sites for hydroxylation is 2. The van der Waals surface area contributed by atoms with Gasteiger partial charge in [-0.2, -0.15) is 0 Å². The van der Waals surface area contributed by atoms with Crippen LogP contribution >= 0.6 is 27.3 Å². The Balaban J connectivity index is 2.17. The van der Waals surface area contributed by atoms with Gasteiger partial charge in [-0.3, -0.25) is 4.98 Å². The van der Waals surface area contributed by atoms with E-state index < -0.39 is 6.10 Å². The number of hydrogen-bond acceptors (Lipinski definition) is 3. The summed E-state index contributed by atoms with van der Waals surface area (Å²) in [6.07, 6.45) is 1.89. The fraction of sp³-hybridized carbons (Fsp3) is 0.308. The van der Waals surface area contributed by atoms with Gasteiger partial charge in [0.15, 0.2) is 0 Å². The van der Waals surface area contributed by atoms with E-state index >= 15 is 0 Å². The summed E-state index contributed by atoms with van der Waals surface area (Å²) in [5.74, 6) is 0. The number of pyridine rings is 1. The highest BCUT2D eigenvalue weighted by atomic mass is 79.9. The maximum Gasteiger partial charge on any atom is 0.101 e. The molecular formula is C13H14BrNOS. The number of aliphatic hydroxyl groups is 1. The van der Waals surface area contributed by atoms with Gasteiger partial charge in [0.05, 0.1) is 9.48 Å². The van der Waals surface area contributed by atoms with Gasteiger partial charge in [-0.05, 0) is 53.0 Å². The van der Waals surface area contributed by atoms with Gasteiger partial charge in [-0.1, -0.05) is 6.07 Å². The van der Waals surface area contributed by atoms with Crippen molar-refractivity contribution in [2.45, 2.75) is 26.4 Å². The smallest absolute Gasteiger partial charge is 0.101 e. The highest BCUT2D eigenvalue weighted by molar-refractivity contribution is 9.11. The Morgan fingerprint density at radius 2 is 2.18 bits per heavy atom. The number of aromatic nitrogens is 1. The molecule has 2 aromatic rings. The van der Waals surface area contributed by atoms with E-state index in [0.717, 1.165) is 25.5 Å². The summed E-state index contributed by atoms with van der Waals surface area (Å²) < 4.78 is 1.09. The van der Waals surface area contributed by atoms with Gasteiger partial charge in [0.25, 0.3) is 0 Å². The van der Waals surface area contributed by atoms with Crippen molar-refractivity contribution in [2.75, 3.05) is 0 Å². The lowest BCUT2D eigenvalue weighted by Crippen LogP contribution is -2.05. The van der Waals surface area contributed by atoms with Crippen LogP contribution in [0.3, 0.4) is 0 Å². The van der Waals surface area contributed by atoms with E-state index in [1.165, 1.54) is 0 Å². The number of halogens is 1. The monoisotopic (exact) mass is 311 g/mol. The van der Waals surface area contributed by atoms with Gasteiger partial charge < -0.3 is 5.11 Å². The van der Waals surface area contributed by atoms with Crippen LogP contribution in [0.1, 0.15) is 27.8 Å². The third-order valence-electron chi connectivity index (χ3n) is 2.59. The predicted octanol–water partition coefficient (Wildman–Crippen LogP) is 3.80. The van der Waals surface area contributed by atoms with E-state index in [9.17, 15) is 5.11 Å². The summed E-state index contributed by atoms with van der Waals surface area (Å²) in [6.45, 7) is 4.00. The zero-order valence-electron chi connectivity index (χ0n) is 9.77. The zero-order valence-corrected chi connectivity index (χ0v) is 12.2. The topological polar surface area (TPSA) is 33.1 Å². The molecule has 2 aromatic heterocycles. The largest absolute Gasteiger partial charge is 0.386 e. The molecule has 0 bridgehead atoms. The van der Waals surface area contributed by atoms with Crippen LogP contribution in [0.4, 0.5) is 0 Å². The lowest BCUT2D eigenvalue weighted by molar-refractivity contribution is 0.174. The van der Waals surface area contributed by atoms with Crippen molar-refractivity contribution in [1.82, 2.24) is 4.98 Å². The molecule has 0 aliphatic heterocycles. The van der Waals surface area contributed by atoms with Crippen LogP contribution in [-0.4, -0.2) is 10.1 Å². The first-order valence-corrected chi connectivity index (χ1v) is 7.02. The van der Waals surface area contributed by atoms with Gasteiger partial charge in [-0.15, -0.1) is 11.3 Å². The van der Waals surface area contributed by atoms with E-state index in [2.05, 4.69) is 27.0 Å². The van der Waals surface area contributed by atoms with Crippen LogP contribution in [0.2, 0.25) is 0 Å². The zero-order chi connectivity index (χ0) is 12.4. The minimum absolute atomic E-state index is 0.527. The molecule has 1 atom stereocenters. The van der Waals surface area contributed by atoms with Crippen molar-refractivity contribution < 1.29 is 5.11 Å². The molecule has 0 saturated carbocycles. The fourth-order valence-corrected chi connectivity index (χ4v) is 3.34. The third-order valence-corrected chi connectivity index (χ3v) is 4.24. The Bertz CT molecular complexity index is 524. The molecular weight excluding hydrogens is 298 g/mol. The minimum Gasteiger partial charge on any atom is -0.386 e. The van der Waals surface area contributed by atoms with Crippen LogP contribution < -0.4 is 0 Å². The number of thiophene rings is 1. The van der Waals surface area contributed by atoms with Gasteiger partial charge >= 0.3 is 0 Å². The molecule has 1 unspecified atom stereocenters. The van der Waals surface area contributed by atoms with Crippen LogP contribution in [0.15, 0.2) is 28.2 Å². The highest BCUT2D eigenvalue weighted by Gasteiger charge is 2.13. The summed E-state index contributed by atoms with van der Waals surface area (Å²) in [7, 11) is 0.